The maximum absolute atomic E-state index is 14.4. The van der Waals surface area contributed by atoms with E-state index in [2.05, 4.69) is 4.99 Å². The minimum atomic E-state index is -2.12. The standard InChI is InChI=1S/C20H15F8NO3.CH4O/c1-5-12(21)10(16(25)18(27)14(5)23)8(30)3-7-4-9(31)32-20(29-7)11-13(22)6(2)15(24)19(28)17(11)26;1-2/h7-9,30-31H,3-4H2,1-2H3;2H,1H3. The highest BCUT2D eigenvalue weighted by Crippen LogP contribution is 2.33. The Balaban J connectivity index is 0.00000199. The van der Waals surface area contributed by atoms with Crippen molar-refractivity contribution < 1.29 is 55.2 Å². The fourth-order valence-corrected chi connectivity index (χ4v) is 3.31. The maximum Gasteiger partial charge on any atom is 0.224 e. The molecule has 2 aromatic rings. The monoisotopic (exact) mass is 501 g/mol. The molecule has 1 heterocycles. The predicted molar refractivity (Wildman–Crippen MR) is 102 cm³/mol. The Morgan fingerprint density at radius 2 is 1.29 bits per heavy atom. The molecule has 0 spiro atoms. The molecular weight excluding hydrogens is 482 g/mol. The number of aliphatic hydroxyl groups is 3. The third-order valence-corrected chi connectivity index (χ3v) is 5.06. The van der Waals surface area contributed by atoms with Gasteiger partial charge in [-0.2, -0.15) is 0 Å². The number of benzene rings is 2. The quantitative estimate of drug-likeness (QED) is 0.336. The Morgan fingerprint density at radius 1 is 0.794 bits per heavy atom. The second kappa shape index (κ2) is 10.7. The summed E-state index contributed by atoms with van der Waals surface area (Å²) in [5.74, 6) is -15.7. The SMILES string of the molecule is CO.Cc1c(F)c(F)c(F)c(C2=NC(CC(O)c3c(F)c(C)c(F)c(F)c3F)CC(O)O2)c1F. The number of aliphatic imine (C=N–C) groups is 1. The highest BCUT2D eigenvalue weighted by atomic mass is 19.2. The van der Waals surface area contributed by atoms with E-state index < -0.39 is 106 Å². The van der Waals surface area contributed by atoms with E-state index in [1.165, 1.54) is 0 Å². The van der Waals surface area contributed by atoms with Crippen molar-refractivity contribution in [3.05, 3.63) is 68.8 Å². The molecule has 0 amide bonds. The van der Waals surface area contributed by atoms with E-state index in [-0.39, 0.29) is 0 Å². The number of nitrogens with zero attached hydrogens (tertiary/aromatic N) is 1. The van der Waals surface area contributed by atoms with Crippen LogP contribution in [0.4, 0.5) is 35.1 Å². The molecule has 3 unspecified atom stereocenters. The highest BCUT2D eigenvalue weighted by Gasteiger charge is 2.35. The largest absolute Gasteiger partial charge is 0.448 e. The molecule has 3 rings (SSSR count). The molecule has 1 aliphatic rings. The summed E-state index contributed by atoms with van der Waals surface area (Å²) in [6.45, 7) is 1.63. The van der Waals surface area contributed by atoms with Crippen molar-refractivity contribution in [2.75, 3.05) is 7.11 Å². The first-order valence-electron chi connectivity index (χ1n) is 9.57. The summed E-state index contributed by atoms with van der Waals surface area (Å²) >= 11 is 0. The van der Waals surface area contributed by atoms with Crippen LogP contribution in [0, 0.1) is 60.4 Å². The predicted octanol–water partition coefficient (Wildman–Crippen LogP) is 4.00. The smallest absolute Gasteiger partial charge is 0.224 e. The van der Waals surface area contributed by atoms with E-state index in [9.17, 15) is 45.3 Å². The molecule has 0 fully saturated rings. The zero-order chi connectivity index (χ0) is 26.1. The van der Waals surface area contributed by atoms with Gasteiger partial charge in [0.15, 0.2) is 34.9 Å². The van der Waals surface area contributed by atoms with Crippen LogP contribution in [0.25, 0.3) is 0 Å². The van der Waals surface area contributed by atoms with Gasteiger partial charge in [-0.3, -0.25) is 0 Å². The van der Waals surface area contributed by atoms with Crippen LogP contribution in [0.3, 0.4) is 0 Å². The first-order valence-corrected chi connectivity index (χ1v) is 9.57. The second-order valence-corrected chi connectivity index (χ2v) is 7.20. The lowest BCUT2D eigenvalue weighted by molar-refractivity contribution is -0.0498. The van der Waals surface area contributed by atoms with Crippen molar-refractivity contribution in [3.63, 3.8) is 0 Å². The molecule has 0 radical (unpaired) electrons. The van der Waals surface area contributed by atoms with Gasteiger partial charge in [0.05, 0.1) is 17.7 Å². The van der Waals surface area contributed by atoms with E-state index >= 15 is 0 Å². The number of halogens is 8. The van der Waals surface area contributed by atoms with E-state index in [1.54, 1.807) is 0 Å². The summed E-state index contributed by atoms with van der Waals surface area (Å²) < 4.78 is 116. The Morgan fingerprint density at radius 3 is 1.85 bits per heavy atom. The van der Waals surface area contributed by atoms with Gasteiger partial charge in [-0.15, -0.1) is 0 Å². The van der Waals surface area contributed by atoms with E-state index in [1.807, 2.05) is 0 Å². The number of hydrogen-bond donors (Lipinski definition) is 3. The topological polar surface area (TPSA) is 82.3 Å². The molecule has 34 heavy (non-hydrogen) atoms. The summed E-state index contributed by atoms with van der Waals surface area (Å²) in [5.41, 5.74) is -4.24. The van der Waals surface area contributed by atoms with Gasteiger partial charge in [-0.05, 0) is 13.8 Å². The van der Waals surface area contributed by atoms with Crippen LogP contribution < -0.4 is 0 Å². The van der Waals surface area contributed by atoms with Crippen LogP contribution in [0.2, 0.25) is 0 Å². The lowest BCUT2D eigenvalue weighted by Crippen LogP contribution is -2.32. The Bertz CT molecular complexity index is 1070. The van der Waals surface area contributed by atoms with Crippen molar-refractivity contribution >= 4 is 5.90 Å². The van der Waals surface area contributed by atoms with Gasteiger partial charge in [-0.25, -0.2) is 40.1 Å². The Labute approximate surface area is 187 Å². The number of ether oxygens (including phenoxy) is 1. The molecule has 1 aliphatic heterocycles. The number of aliphatic hydroxyl groups excluding tert-OH is 3. The molecule has 5 nitrogen and oxygen atoms in total. The van der Waals surface area contributed by atoms with Gasteiger partial charge >= 0.3 is 0 Å². The zero-order valence-electron chi connectivity index (χ0n) is 17.9. The first-order chi connectivity index (χ1) is 15.9. The third kappa shape index (κ3) is 4.86. The van der Waals surface area contributed by atoms with Crippen molar-refractivity contribution in [1.29, 1.82) is 0 Å². The van der Waals surface area contributed by atoms with Crippen molar-refractivity contribution in [2.24, 2.45) is 4.99 Å². The molecule has 0 bridgehead atoms. The second-order valence-electron chi connectivity index (χ2n) is 7.20. The lowest BCUT2D eigenvalue weighted by atomic mass is 9.96. The molecule has 2 aromatic carbocycles. The van der Waals surface area contributed by atoms with Gasteiger partial charge in [0.2, 0.25) is 12.2 Å². The molecular formula is C21H19F8NO4. The van der Waals surface area contributed by atoms with Gasteiger partial charge in [0, 0.05) is 31.1 Å². The van der Waals surface area contributed by atoms with Crippen molar-refractivity contribution in [1.82, 2.24) is 0 Å². The normalized spacial score (nSPS) is 18.6. The fourth-order valence-electron chi connectivity index (χ4n) is 3.31. The van der Waals surface area contributed by atoms with Crippen LogP contribution in [-0.4, -0.2) is 40.7 Å². The molecule has 3 N–H and O–H groups in total. The highest BCUT2D eigenvalue weighted by molar-refractivity contribution is 5.95. The summed E-state index contributed by atoms with van der Waals surface area (Å²) in [6.07, 6.45) is -5.09. The lowest BCUT2D eigenvalue weighted by Gasteiger charge is -2.27. The molecule has 0 aromatic heterocycles. The average Bonchev–Trinajstić information content (AvgIpc) is 2.80. The molecule has 188 valence electrons. The molecule has 0 saturated heterocycles. The van der Waals surface area contributed by atoms with Gasteiger partial charge in [0.1, 0.15) is 17.2 Å². The van der Waals surface area contributed by atoms with Gasteiger partial charge < -0.3 is 20.1 Å². The van der Waals surface area contributed by atoms with Crippen LogP contribution in [-0.2, 0) is 4.74 Å². The zero-order valence-corrected chi connectivity index (χ0v) is 17.9. The summed E-state index contributed by atoms with van der Waals surface area (Å²) in [7, 11) is 1.00. The van der Waals surface area contributed by atoms with Crippen LogP contribution in [0.5, 0.6) is 0 Å². The minimum absolute atomic E-state index is 0.446. The van der Waals surface area contributed by atoms with Crippen molar-refractivity contribution in [2.45, 2.75) is 45.1 Å². The molecule has 3 atom stereocenters. The molecule has 13 heteroatoms. The van der Waals surface area contributed by atoms with Crippen LogP contribution >= 0.6 is 0 Å². The van der Waals surface area contributed by atoms with Gasteiger partial charge in [-0.1, -0.05) is 0 Å². The maximum atomic E-state index is 14.4. The number of rotatable bonds is 4. The fraction of sp³-hybridized carbons (Fsp3) is 0.381. The number of hydrogen-bond acceptors (Lipinski definition) is 5. The molecule has 0 saturated carbocycles. The summed E-state index contributed by atoms with van der Waals surface area (Å²) in [5, 5.41) is 27.1. The van der Waals surface area contributed by atoms with E-state index in [0.29, 0.717) is 0 Å². The van der Waals surface area contributed by atoms with Crippen molar-refractivity contribution in [3.8, 4) is 0 Å². The Kier molecular flexibility index (Phi) is 8.61. The van der Waals surface area contributed by atoms with Crippen LogP contribution in [0.1, 0.15) is 41.2 Å². The first kappa shape index (κ1) is 27.5. The van der Waals surface area contributed by atoms with Crippen LogP contribution in [0.15, 0.2) is 4.99 Å². The molecule has 0 aliphatic carbocycles. The average molecular weight is 501 g/mol. The third-order valence-electron chi connectivity index (χ3n) is 5.06. The Hall–Kier alpha value is -2.77. The van der Waals surface area contributed by atoms with E-state index in [4.69, 9.17) is 9.84 Å². The summed E-state index contributed by atoms with van der Waals surface area (Å²) in [6, 6.07) is -1.32. The summed E-state index contributed by atoms with van der Waals surface area (Å²) in [4.78, 5) is 3.72. The van der Waals surface area contributed by atoms with E-state index in [0.717, 1.165) is 21.0 Å². The minimum Gasteiger partial charge on any atom is -0.448 e. The van der Waals surface area contributed by atoms with Gasteiger partial charge in [0.25, 0.3) is 0 Å².